The van der Waals surface area contributed by atoms with E-state index < -0.39 is 0 Å². The topological polar surface area (TPSA) is 52.7 Å². The molecular weight excluding hydrogens is 170 g/mol. The van der Waals surface area contributed by atoms with Crippen LogP contribution in [0.5, 0.6) is 0 Å². The molecule has 76 valence electrons. The van der Waals surface area contributed by atoms with Crippen LogP contribution < -0.4 is 5.32 Å². The molecule has 0 spiro atoms. The third-order valence-electron chi connectivity index (χ3n) is 1.54. The number of hydrogen-bond donors (Lipinski definition) is 1. The van der Waals surface area contributed by atoms with Crippen molar-refractivity contribution in [3.63, 3.8) is 0 Å². The first-order valence-corrected chi connectivity index (χ1v) is 4.06. The van der Waals surface area contributed by atoms with Gasteiger partial charge in [0, 0.05) is 14.1 Å². The van der Waals surface area contributed by atoms with E-state index in [1.165, 1.54) is 4.90 Å². The smallest absolute Gasteiger partial charge is 0.239 e. The molecule has 0 aromatic heterocycles. The Balaban J connectivity index is 3.89. The van der Waals surface area contributed by atoms with Crippen molar-refractivity contribution in [1.82, 2.24) is 15.1 Å². The SMILES string of the molecule is CNC(=O)CN(C)C(=O)CN(C)C. The lowest BCUT2D eigenvalue weighted by Crippen LogP contribution is -2.40. The van der Waals surface area contributed by atoms with Crippen LogP contribution in [0.1, 0.15) is 0 Å². The van der Waals surface area contributed by atoms with Gasteiger partial charge in [0.15, 0.2) is 0 Å². The van der Waals surface area contributed by atoms with Crippen LogP contribution in [0, 0.1) is 0 Å². The summed E-state index contributed by atoms with van der Waals surface area (Å²) in [4.78, 5) is 25.4. The molecule has 0 atom stereocenters. The highest BCUT2D eigenvalue weighted by molar-refractivity contribution is 5.85. The largest absolute Gasteiger partial charge is 0.358 e. The van der Waals surface area contributed by atoms with Crippen molar-refractivity contribution in [2.24, 2.45) is 0 Å². The molecule has 0 unspecified atom stereocenters. The number of amides is 2. The molecule has 5 heteroatoms. The van der Waals surface area contributed by atoms with E-state index in [0.29, 0.717) is 6.54 Å². The highest BCUT2D eigenvalue weighted by Gasteiger charge is 2.11. The maximum atomic E-state index is 11.3. The van der Waals surface area contributed by atoms with Gasteiger partial charge in [-0.2, -0.15) is 0 Å². The molecule has 0 rings (SSSR count). The van der Waals surface area contributed by atoms with E-state index in [1.807, 2.05) is 14.1 Å². The van der Waals surface area contributed by atoms with Crippen LogP contribution in [-0.4, -0.2) is 62.9 Å². The lowest BCUT2D eigenvalue weighted by Gasteiger charge is -2.18. The maximum absolute atomic E-state index is 11.3. The van der Waals surface area contributed by atoms with Crippen molar-refractivity contribution < 1.29 is 9.59 Å². The van der Waals surface area contributed by atoms with Gasteiger partial charge in [-0.05, 0) is 14.1 Å². The zero-order valence-corrected chi connectivity index (χ0v) is 8.63. The van der Waals surface area contributed by atoms with Gasteiger partial charge in [0.1, 0.15) is 0 Å². The zero-order valence-electron chi connectivity index (χ0n) is 8.63. The van der Waals surface area contributed by atoms with Gasteiger partial charge in [-0.1, -0.05) is 0 Å². The second-order valence-corrected chi connectivity index (χ2v) is 3.16. The molecule has 0 aliphatic rings. The Morgan fingerprint density at radius 1 is 1.15 bits per heavy atom. The van der Waals surface area contributed by atoms with E-state index in [4.69, 9.17) is 0 Å². The first kappa shape index (κ1) is 11.9. The molecule has 1 N–H and O–H groups in total. The van der Waals surface area contributed by atoms with Gasteiger partial charge in [-0.15, -0.1) is 0 Å². The molecule has 0 aliphatic carbocycles. The van der Waals surface area contributed by atoms with E-state index in [2.05, 4.69) is 5.32 Å². The van der Waals surface area contributed by atoms with Gasteiger partial charge in [0.25, 0.3) is 0 Å². The number of likely N-dealkylation sites (N-methyl/N-ethyl adjacent to an activating group) is 3. The molecule has 2 amide bonds. The minimum atomic E-state index is -0.158. The van der Waals surface area contributed by atoms with Crippen molar-refractivity contribution in [2.45, 2.75) is 0 Å². The third kappa shape index (κ3) is 5.19. The summed E-state index contributed by atoms with van der Waals surface area (Å²) in [6, 6.07) is 0. The molecule has 0 heterocycles. The second kappa shape index (κ2) is 5.53. The van der Waals surface area contributed by atoms with Crippen LogP contribution in [-0.2, 0) is 9.59 Å². The van der Waals surface area contributed by atoms with Crippen molar-refractivity contribution in [2.75, 3.05) is 41.3 Å². The van der Waals surface area contributed by atoms with Gasteiger partial charge in [-0.3, -0.25) is 9.59 Å². The summed E-state index contributed by atoms with van der Waals surface area (Å²) >= 11 is 0. The lowest BCUT2D eigenvalue weighted by atomic mass is 10.4. The first-order valence-electron chi connectivity index (χ1n) is 4.06. The number of carbonyl (C=O) groups is 2. The number of hydrogen-bond acceptors (Lipinski definition) is 3. The minimum Gasteiger partial charge on any atom is -0.358 e. The van der Waals surface area contributed by atoms with Crippen molar-refractivity contribution >= 4 is 11.8 Å². The molecule has 0 saturated heterocycles. The summed E-state index contributed by atoms with van der Waals surface area (Å²) in [6.45, 7) is 0.441. The van der Waals surface area contributed by atoms with Crippen molar-refractivity contribution in [1.29, 1.82) is 0 Å². The molecule has 0 aromatic carbocycles. The van der Waals surface area contributed by atoms with E-state index in [0.717, 1.165) is 0 Å². The van der Waals surface area contributed by atoms with Gasteiger partial charge in [-0.25, -0.2) is 0 Å². The molecule has 13 heavy (non-hydrogen) atoms. The Bertz CT molecular complexity index is 192. The van der Waals surface area contributed by atoms with Crippen molar-refractivity contribution in [3.8, 4) is 0 Å². The monoisotopic (exact) mass is 187 g/mol. The van der Waals surface area contributed by atoms with Crippen molar-refractivity contribution in [3.05, 3.63) is 0 Å². The maximum Gasteiger partial charge on any atom is 0.239 e. The standard InChI is InChI=1S/C8H17N3O2/c1-9-7(12)5-11(4)8(13)6-10(2)3/h5-6H2,1-4H3,(H,9,12). The van der Waals surface area contributed by atoms with E-state index in [1.54, 1.807) is 19.0 Å². The van der Waals surface area contributed by atoms with Gasteiger partial charge >= 0.3 is 0 Å². The molecule has 0 aliphatic heterocycles. The predicted octanol–water partition coefficient (Wildman–Crippen LogP) is -1.25. The summed E-state index contributed by atoms with van der Waals surface area (Å²) in [5.41, 5.74) is 0. The second-order valence-electron chi connectivity index (χ2n) is 3.16. The fourth-order valence-corrected chi connectivity index (χ4v) is 0.774. The van der Waals surface area contributed by atoms with Gasteiger partial charge < -0.3 is 15.1 Å². The summed E-state index contributed by atoms with van der Waals surface area (Å²) in [5.74, 6) is -0.219. The molecule has 0 aromatic rings. The molecule has 0 saturated carbocycles. The zero-order chi connectivity index (χ0) is 10.4. The Morgan fingerprint density at radius 2 is 1.69 bits per heavy atom. The number of nitrogens with one attached hydrogen (secondary N) is 1. The van der Waals surface area contributed by atoms with Gasteiger partial charge in [0.05, 0.1) is 13.1 Å². The van der Waals surface area contributed by atoms with E-state index >= 15 is 0 Å². The summed E-state index contributed by atoms with van der Waals surface area (Å²) in [7, 11) is 6.78. The number of nitrogens with zero attached hydrogens (tertiary/aromatic N) is 2. The third-order valence-corrected chi connectivity index (χ3v) is 1.54. The van der Waals surface area contributed by atoms with E-state index in [9.17, 15) is 9.59 Å². The summed E-state index contributed by atoms with van der Waals surface area (Å²) < 4.78 is 0. The van der Waals surface area contributed by atoms with Crippen LogP contribution in [0.15, 0.2) is 0 Å². The molecule has 0 bridgehead atoms. The quantitative estimate of drug-likeness (QED) is 0.598. The Labute approximate surface area is 78.7 Å². The van der Waals surface area contributed by atoms with Gasteiger partial charge in [0.2, 0.25) is 11.8 Å². The fraction of sp³-hybridized carbons (Fsp3) is 0.750. The average Bonchev–Trinajstić information content (AvgIpc) is 2.02. The van der Waals surface area contributed by atoms with Crippen LogP contribution in [0.25, 0.3) is 0 Å². The van der Waals surface area contributed by atoms with Crippen LogP contribution in [0.2, 0.25) is 0 Å². The molecular formula is C8H17N3O2. The fourth-order valence-electron chi connectivity index (χ4n) is 0.774. The minimum absolute atomic E-state index is 0.0615. The summed E-state index contributed by atoms with van der Waals surface area (Å²) in [6.07, 6.45) is 0. The van der Waals surface area contributed by atoms with Crippen LogP contribution >= 0.6 is 0 Å². The molecule has 0 fully saturated rings. The highest BCUT2D eigenvalue weighted by Crippen LogP contribution is 1.86. The highest BCUT2D eigenvalue weighted by atomic mass is 16.2. The van der Waals surface area contributed by atoms with E-state index in [-0.39, 0.29) is 18.4 Å². The van der Waals surface area contributed by atoms with Crippen LogP contribution in [0.4, 0.5) is 0 Å². The number of rotatable bonds is 4. The Hall–Kier alpha value is -1.10. The average molecular weight is 187 g/mol. The summed E-state index contributed by atoms with van der Waals surface area (Å²) in [5, 5.41) is 2.46. The lowest BCUT2D eigenvalue weighted by molar-refractivity contribution is -0.135. The van der Waals surface area contributed by atoms with Crippen LogP contribution in [0.3, 0.4) is 0 Å². The molecule has 0 radical (unpaired) electrons. The first-order chi connectivity index (χ1) is 5.97. The normalized spacial score (nSPS) is 9.92. The Kier molecular flexibility index (Phi) is 5.06. The number of carbonyl (C=O) groups excluding carboxylic acids is 2. The molecule has 5 nitrogen and oxygen atoms in total. The Morgan fingerprint density at radius 3 is 2.08 bits per heavy atom. The predicted molar refractivity (Wildman–Crippen MR) is 50.3 cm³/mol.